The average molecular weight is 281 g/mol. The predicted molar refractivity (Wildman–Crippen MR) is 72.1 cm³/mol. The molecule has 19 heavy (non-hydrogen) atoms. The first-order valence-corrected chi connectivity index (χ1v) is 5.88. The van der Waals surface area contributed by atoms with Gasteiger partial charge in [-0.3, -0.25) is 14.3 Å². The number of ether oxygens (including phenoxy) is 1. The van der Waals surface area contributed by atoms with Crippen LogP contribution in [0.15, 0.2) is 30.5 Å². The van der Waals surface area contributed by atoms with Gasteiger partial charge in [-0.1, -0.05) is 12.1 Å². The number of nitrogen functional groups attached to an aromatic ring is 1. The lowest BCUT2D eigenvalue weighted by molar-refractivity contribution is 0.0973. The van der Waals surface area contributed by atoms with E-state index >= 15 is 0 Å². The van der Waals surface area contributed by atoms with Gasteiger partial charge in [-0.05, 0) is 17.7 Å². The van der Waals surface area contributed by atoms with E-state index in [9.17, 15) is 4.79 Å². The van der Waals surface area contributed by atoms with Crippen LogP contribution < -0.4 is 15.3 Å². The van der Waals surface area contributed by atoms with Crippen LogP contribution in [0.25, 0.3) is 0 Å². The summed E-state index contributed by atoms with van der Waals surface area (Å²) >= 11 is 5.32. The smallest absolute Gasteiger partial charge is 0.286 e. The van der Waals surface area contributed by atoms with Crippen molar-refractivity contribution in [3.8, 4) is 5.75 Å². The van der Waals surface area contributed by atoms with Crippen molar-refractivity contribution in [1.82, 2.24) is 14.6 Å². The summed E-state index contributed by atoms with van der Waals surface area (Å²) in [5.41, 5.74) is 7.19. The summed E-state index contributed by atoms with van der Waals surface area (Å²) in [5.74, 6) is 0.285. The van der Waals surface area contributed by atoms with Crippen LogP contribution in [0.3, 0.4) is 0 Å². The highest BCUT2D eigenvalue weighted by Gasteiger charge is 2.16. The van der Waals surface area contributed by atoms with Gasteiger partial charge in [-0.2, -0.15) is 5.10 Å². The van der Waals surface area contributed by atoms with Gasteiger partial charge < -0.3 is 10.5 Å². The Morgan fingerprint density at radius 2 is 2.16 bits per heavy atom. The third kappa shape index (κ3) is 2.79. The van der Waals surface area contributed by atoms with Gasteiger partial charge in [-0.25, -0.2) is 0 Å². The molecular weight excluding hydrogens is 268 g/mol. The zero-order valence-corrected chi connectivity index (χ0v) is 11.0. The SMILES string of the molecule is COc1ccc(Cn2ncc(N)c2C(=O)NCl)cc1. The number of nitrogens with zero attached hydrogens (tertiary/aromatic N) is 2. The number of amides is 1. The summed E-state index contributed by atoms with van der Waals surface area (Å²) in [6, 6.07) is 7.45. The molecule has 1 aromatic heterocycles. The van der Waals surface area contributed by atoms with Crippen LogP contribution in [-0.4, -0.2) is 22.8 Å². The largest absolute Gasteiger partial charge is 0.497 e. The van der Waals surface area contributed by atoms with Crippen LogP contribution in [0.2, 0.25) is 0 Å². The lowest BCUT2D eigenvalue weighted by Crippen LogP contribution is -2.20. The zero-order valence-electron chi connectivity index (χ0n) is 10.3. The number of halogens is 1. The molecule has 0 spiro atoms. The van der Waals surface area contributed by atoms with Crippen molar-refractivity contribution >= 4 is 23.4 Å². The second-order valence-electron chi connectivity index (χ2n) is 3.88. The second-order valence-corrected chi connectivity index (χ2v) is 4.07. The van der Waals surface area contributed by atoms with E-state index in [1.54, 1.807) is 7.11 Å². The molecule has 0 unspecified atom stereocenters. The monoisotopic (exact) mass is 280 g/mol. The van der Waals surface area contributed by atoms with Crippen LogP contribution in [0.4, 0.5) is 5.69 Å². The van der Waals surface area contributed by atoms with Crippen LogP contribution >= 0.6 is 11.8 Å². The number of carbonyl (C=O) groups is 1. The topological polar surface area (TPSA) is 82.2 Å². The summed E-state index contributed by atoms with van der Waals surface area (Å²) in [4.78, 5) is 13.6. The van der Waals surface area contributed by atoms with Gasteiger partial charge in [0.2, 0.25) is 0 Å². The Balaban J connectivity index is 2.25. The van der Waals surface area contributed by atoms with Crippen molar-refractivity contribution in [1.29, 1.82) is 0 Å². The van der Waals surface area contributed by atoms with Crippen LogP contribution in [0.5, 0.6) is 5.75 Å². The van der Waals surface area contributed by atoms with Crippen LogP contribution in [0.1, 0.15) is 16.1 Å². The molecule has 0 fully saturated rings. The number of hydrogen-bond acceptors (Lipinski definition) is 4. The molecule has 0 saturated carbocycles. The molecule has 1 aromatic carbocycles. The first kappa shape index (κ1) is 13.2. The minimum atomic E-state index is -0.481. The predicted octanol–water partition coefficient (Wildman–Crippen LogP) is 1.41. The number of nitrogens with two attached hydrogens (primary N) is 1. The molecule has 0 radical (unpaired) electrons. The number of rotatable bonds is 4. The van der Waals surface area contributed by atoms with Crippen molar-refractivity contribution in [3.05, 3.63) is 41.7 Å². The third-order valence-corrected chi connectivity index (χ3v) is 2.83. The molecule has 7 heteroatoms. The lowest BCUT2D eigenvalue weighted by atomic mass is 10.2. The summed E-state index contributed by atoms with van der Waals surface area (Å²) < 4.78 is 6.57. The van der Waals surface area contributed by atoms with Gasteiger partial charge in [0.25, 0.3) is 5.91 Å². The Bertz CT molecular complexity index is 580. The number of anilines is 1. The summed E-state index contributed by atoms with van der Waals surface area (Å²) in [6.07, 6.45) is 1.42. The minimum Gasteiger partial charge on any atom is -0.497 e. The van der Waals surface area contributed by atoms with Gasteiger partial charge in [0.05, 0.1) is 25.5 Å². The Morgan fingerprint density at radius 1 is 1.47 bits per heavy atom. The summed E-state index contributed by atoms with van der Waals surface area (Å²) in [7, 11) is 1.60. The Morgan fingerprint density at radius 3 is 2.74 bits per heavy atom. The molecule has 1 amide bonds. The molecule has 0 aliphatic heterocycles. The van der Waals surface area contributed by atoms with E-state index < -0.39 is 5.91 Å². The van der Waals surface area contributed by atoms with Gasteiger partial charge in [0, 0.05) is 11.8 Å². The molecule has 0 atom stereocenters. The lowest BCUT2D eigenvalue weighted by Gasteiger charge is -2.07. The quantitative estimate of drug-likeness (QED) is 0.830. The molecule has 3 N–H and O–H groups in total. The number of hydrogen-bond donors (Lipinski definition) is 2. The molecule has 2 aromatic rings. The highest BCUT2D eigenvalue weighted by molar-refractivity contribution is 6.24. The molecule has 1 heterocycles. The number of carbonyl (C=O) groups excluding carboxylic acids is 1. The third-order valence-electron chi connectivity index (χ3n) is 2.66. The summed E-state index contributed by atoms with van der Waals surface area (Å²) in [5, 5.41) is 4.06. The fourth-order valence-corrected chi connectivity index (χ4v) is 1.81. The van der Waals surface area contributed by atoms with Gasteiger partial charge in [-0.15, -0.1) is 0 Å². The van der Waals surface area contributed by atoms with E-state index in [1.807, 2.05) is 29.1 Å². The number of benzene rings is 1. The van der Waals surface area contributed by atoms with Gasteiger partial charge >= 0.3 is 0 Å². The fourth-order valence-electron chi connectivity index (χ4n) is 1.72. The van der Waals surface area contributed by atoms with Gasteiger partial charge in [0.1, 0.15) is 5.75 Å². The van der Waals surface area contributed by atoms with E-state index in [1.165, 1.54) is 10.9 Å². The van der Waals surface area contributed by atoms with Crippen molar-refractivity contribution in [2.75, 3.05) is 12.8 Å². The summed E-state index contributed by atoms with van der Waals surface area (Å²) in [6.45, 7) is 0.417. The Kier molecular flexibility index (Phi) is 3.91. The fraction of sp³-hybridized carbons (Fsp3) is 0.167. The highest BCUT2D eigenvalue weighted by Crippen LogP contribution is 2.15. The maximum absolute atomic E-state index is 11.6. The molecule has 0 bridgehead atoms. The Labute approximate surface area is 115 Å². The van der Waals surface area contributed by atoms with E-state index in [2.05, 4.69) is 5.10 Å². The van der Waals surface area contributed by atoms with E-state index in [0.29, 0.717) is 6.54 Å². The maximum atomic E-state index is 11.6. The molecule has 0 aliphatic carbocycles. The standard InChI is InChI=1S/C12H13ClN4O2/c1-19-9-4-2-8(3-5-9)7-17-11(12(18)16-13)10(14)6-15-17/h2-6H,7,14H2,1H3,(H,16,18). The van der Waals surface area contributed by atoms with E-state index in [0.717, 1.165) is 11.3 Å². The number of aromatic nitrogens is 2. The molecule has 0 aliphatic rings. The molecule has 2 rings (SSSR count). The molecule has 0 saturated heterocycles. The molecular formula is C12H13ClN4O2. The Hall–Kier alpha value is -2.21. The minimum absolute atomic E-state index is 0.241. The number of nitrogens with one attached hydrogen (secondary N) is 1. The van der Waals surface area contributed by atoms with Crippen LogP contribution in [-0.2, 0) is 6.54 Å². The molecule has 100 valence electrons. The second kappa shape index (κ2) is 5.62. The van der Waals surface area contributed by atoms with Crippen molar-refractivity contribution < 1.29 is 9.53 Å². The maximum Gasteiger partial charge on any atom is 0.286 e. The van der Waals surface area contributed by atoms with Crippen molar-refractivity contribution in [3.63, 3.8) is 0 Å². The number of methoxy groups -OCH3 is 1. The average Bonchev–Trinajstić information content (AvgIpc) is 2.80. The van der Waals surface area contributed by atoms with E-state index in [-0.39, 0.29) is 11.4 Å². The highest BCUT2D eigenvalue weighted by atomic mass is 35.5. The van der Waals surface area contributed by atoms with Crippen molar-refractivity contribution in [2.45, 2.75) is 6.54 Å². The molecule has 6 nitrogen and oxygen atoms in total. The van der Waals surface area contributed by atoms with E-state index in [4.69, 9.17) is 22.2 Å². The van der Waals surface area contributed by atoms with Crippen LogP contribution in [0, 0.1) is 0 Å². The van der Waals surface area contributed by atoms with Crippen molar-refractivity contribution in [2.24, 2.45) is 0 Å². The first-order valence-electron chi connectivity index (χ1n) is 5.51. The zero-order chi connectivity index (χ0) is 13.8. The van der Waals surface area contributed by atoms with Gasteiger partial charge in [0.15, 0.2) is 5.69 Å². The first-order chi connectivity index (χ1) is 9.15. The normalized spacial score (nSPS) is 10.2.